The van der Waals surface area contributed by atoms with Crippen LogP contribution in [0.15, 0.2) is 18.2 Å². The molecule has 0 spiro atoms. The molecule has 4 nitrogen and oxygen atoms in total. The lowest BCUT2D eigenvalue weighted by Crippen LogP contribution is -2.33. The van der Waals surface area contributed by atoms with Gasteiger partial charge in [0.2, 0.25) is 11.8 Å². The Bertz CT molecular complexity index is 519. The van der Waals surface area contributed by atoms with Crippen LogP contribution in [0.25, 0.3) is 0 Å². The van der Waals surface area contributed by atoms with Crippen molar-refractivity contribution in [2.75, 3.05) is 13.6 Å². The second-order valence-electron chi connectivity index (χ2n) is 4.64. The zero-order valence-electron chi connectivity index (χ0n) is 10.5. The van der Waals surface area contributed by atoms with Gasteiger partial charge in [-0.15, -0.1) is 0 Å². The minimum absolute atomic E-state index is 0.0512. The first kappa shape index (κ1) is 13.5. The molecule has 1 N–H and O–H groups in total. The Morgan fingerprint density at radius 3 is 2.79 bits per heavy atom. The predicted octanol–water partition coefficient (Wildman–Crippen LogP) is 1.06. The monoisotopic (exact) mass is 268 g/mol. The van der Waals surface area contributed by atoms with Crippen LogP contribution in [0.1, 0.15) is 12.0 Å². The van der Waals surface area contributed by atoms with Crippen LogP contribution in [-0.2, 0) is 16.1 Å². The highest BCUT2D eigenvalue weighted by Gasteiger charge is 2.30. The zero-order valence-corrected chi connectivity index (χ0v) is 10.5. The lowest BCUT2D eigenvalue weighted by atomic mass is 10.1. The van der Waals surface area contributed by atoms with Gasteiger partial charge in [0, 0.05) is 38.2 Å². The van der Waals surface area contributed by atoms with E-state index >= 15 is 0 Å². The molecule has 1 saturated heterocycles. The van der Waals surface area contributed by atoms with Gasteiger partial charge in [0.15, 0.2) is 0 Å². The molecule has 102 valence electrons. The smallest absolute Gasteiger partial charge is 0.228 e. The third-order valence-electron chi connectivity index (χ3n) is 3.13. The quantitative estimate of drug-likeness (QED) is 0.891. The van der Waals surface area contributed by atoms with E-state index in [0.29, 0.717) is 6.54 Å². The number of nitrogens with one attached hydrogen (secondary N) is 1. The summed E-state index contributed by atoms with van der Waals surface area (Å²) < 4.78 is 26.2. The Labute approximate surface area is 109 Å². The van der Waals surface area contributed by atoms with Crippen LogP contribution in [-0.4, -0.2) is 30.3 Å². The van der Waals surface area contributed by atoms with Crippen LogP contribution in [0.4, 0.5) is 8.78 Å². The van der Waals surface area contributed by atoms with Crippen LogP contribution in [0.3, 0.4) is 0 Å². The molecule has 1 fully saturated rings. The van der Waals surface area contributed by atoms with Gasteiger partial charge in [-0.2, -0.15) is 0 Å². The molecule has 1 atom stereocenters. The summed E-state index contributed by atoms with van der Waals surface area (Å²) in [6.45, 7) is 0.365. The van der Waals surface area contributed by atoms with Crippen LogP contribution < -0.4 is 5.32 Å². The van der Waals surface area contributed by atoms with E-state index in [1.165, 1.54) is 18.0 Å². The SMILES string of the molecule is CN(Cc1ccc(F)cc1F)C(=O)C1CNC(=O)C1. The van der Waals surface area contributed by atoms with Gasteiger partial charge < -0.3 is 10.2 Å². The van der Waals surface area contributed by atoms with Gasteiger partial charge in [-0.05, 0) is 6.07 Å². The maximum absolute atomic E-state index is 13.5. The van der Waals surface area contributed by atoms with E-state index in [2.05, 4.69) is 5.32 Å². The molecule has 1 heterocycles. The molecule has 0 saturated carbocycles. The Morgan fingerprint density at radius 2 is 2.21 bits per heavy atom. The summed E-state index contributed by atoms with van der Waals surface area (Å²) in [6.07, 6.45) is 0.162. The van der Waals surface area contributed by atoms with Crippen LogP contribution >= 0.6 is 0 Å². The second kappa shape index (κ2) is 5.34. The lowest BCUT2D eigenvalue weighted by molar-refractivity contribution is -0.135. The van der Waals surface area contributed by atoms with E-state index in [9.17, 15) is 18.4 Å². The molecule has 0 bridgehead atoms. The Hall–Kier alpha value is -1.98. The van der Waals surface area contributed by atoms with Gasteiger partial charge in [-0.3, -0.25) is 9.59 Å². The van der Waals surface area contributed by atoms with Gasteiger partial charge in [0.1, 0.15) is 11.6 Å². The molecule has 2 rings (SSSR count). The number of hydrogen-bond acceptors (Lipinski definition) is 2. The molecule has 1 unspecified atom stereocenters. The van der Waals surface area contributed by atoms with Gasteiger partial charge in [0.25, 0.3) is 0 Å². The standard InChI is InChI=1S/C13H14F2N2O2/c1-17(13(19)9-4-12(18)16-6-9)7-8-2-3-10(14)5-11(8)15/h2-3,5,9H,4,6-7H2,1H3,(H,16,18). The molecule has 1 aliphatic rings. The van der Waals surface area contributed by atoms with E-state index < -0.39 is 17.6 Å². The lowest BCUT2D eigenvalue weighted by Gasteiger charge is -2.20. The number of benzene rings is 1. The molecular formula is C13H14F2N2O2. The van der Waals surface area contributed by atoms with Gasteiger partial charge in [0.05, 0.1) is 5.92 Å². The number of rotatable bonds is 3. The molecule has 1 aliphatic heterocycles. The number of carbonyl (C=O) groups excluding carboxylic acids is 2. The van der Waals surface area contributed by atoms with E-state index in [1.54, 1.807) is 0 Å². The van der Waals surface area contributed by atoms with Crippen molar-refractivity contribution in [3.05, 3.63) is 35.4 Å². The van der Waals surface area contributed by atoms with E-state index in [4.69, 9.17) is 0 Å². The number of amides is 2. The summed E-state index contributed by atoms with van der Waals surface area (Å²) in [4.78, 5) is 24.4. The van der Waals surface area contributed by atoms with Crippen molar-refractivity contribution in [2.24, 2.45) is 5.92 Å². The first-order valence-electron chi connectivity index (χ1n) is 5.93. The summed E-state index contributed by atoms with van der Waals surface area (Å²) in [6, 6.07) is 3.25. The number of carbonyl (C=O) groups is 2. The average molecular weight is 268 g/mol. The molecule has 1 aromatic carbocycles. The minimum atomic E-state index is -0.680. The molecule has 0 aliphatic carbocycles. The normalized spacial score (nSPS) is 18.3. The maximum atomic E-state index is 13.5. The fourth-order valence-electron chi connectivity index (χ4n) is 2.07. The summed E-state index contributed by atoms with van der Waals surface area (Å²) in [5.41, 5.74) is 0.245. The molecule has 2 amide bonds. The van der Waals surface area contributed by atoms with Gasteiger partial charge in [-0.1, -0.05) is 6.07 Å². The Balaban J connectivity index is 2.02. The highest BCUT2D eigenvalue weighted by Crippen LogP contribution is 2.16. The fourth-order valence-corrected chi connectivity index (χ4v) is 2.07. The highest BCUT2D eigenvalue weighted by molar-refractivity contribution is 5.89. The van der Waals surface area contributed by atoms with E-state index in [1.807, 2.05) is 0 Å². The maximum Gasteiger partial charge on any atom is 0.228 e. The molecule has 19 heavy (non-hydrogen) atoms. The average Bonchev–Trinajstić information content (AvgIpc) is 2.78. The van der Waals surface area contributed by atoms with Crippen LogP contribution in [0.2, 0.25) is 0 Å². The second-order valence-corrected chi connectivity index (χ2v) is 4.64. The number of hydrogen-bond donors (Lipinski definition) is 1. The van der Waals surface area contributed by atoms with Crippen molar-refractivity contribution >= 4 is 11.8 Å². The van der Waals surface area contributed by atoms with Crippen molar-refractivity contribution in [1.29, 1.82) is 0 Å². The van der Waals surface area contributed by atoms with Crippen molar-refractivity contribution in [3.8, 4) is 0 Å². The summed E-state index contributed by atoms with van der Waals surface area (Å²) in [7, 11) is 1.54. The van der Waals surface area contributed by atoms with Crippen molar-refractivity contribution < 1.29 is 18.4 Å². The fraction of sp³-hybridized carbons (Fsp3) is 0.385. The minimum Gasteiger partial charge on any atom is -0.355 e. The van der Waals surface area contributed by atoms with Crippen molar-refractivity contribution in [3.63, 3.8) is 0 Å². The first-order valence-corrected chi connectivity index (χ1v) is 5.93. The molecule has 0 radical (unpaired) electrons. The van der Waals surface area contributed by atoms with Gasteiger partial charge >= 0.3 is 0 Å². The number of nitrogens with zero attached hydrogens (tertiary/aromatic N) is 1. The number of halogens is 2. The van der Waals surface area contributed by atoms with Crippen molar-refractivity contribution in [2.45, 2.75) is 13.0 Å². The first-order chi connectivity index (χ1) is 8.97. The molecular weight excluding hydrogens is 254 g/mol. The molecule has 1 aromatic rings. The largest absolute Gasteiger partial charge is 0.355 e. The summed E-state index contributed by atoms with van der Waals surface area (Å²) >= 11 is 0. The van der Waals surface area contributed by atoms with Crippen LogP contribution in [0, 0.1) is 17.6 Å². The summed E-state index contributed by atoms with van der Waals surface area (Å²) in [5, 5.41) is 2.58. The van der Waals surface area contributed by atoms with Crippen LogP contribution in [0.5, 0.6) is 0 Å². The third-order valence-corrected chi connectivity index (χ3v) is 3.13. The van der Waals surface area contributed by atoms with Crippen molar-refractivity contribution in [1.82, 2.24) is 10.2 Å². The zero-order chi connectivity index (χ0) is 14.0. The van der Waals surface area contributed by atoms with E-state index in [-0.39, 0.29) is 30.3 Å². The Morgan fingerprint density at radius 1 is 1.47 bits per heavy atom. The predicted molar refractivity (Wildman–Crippen MR) is 63.9 cm³/mol. The highest BCUT2D eigenvalue weighted by atomic mass is 19.1. The third kappa shape index (κ3) is 3.07. The summed E-state index contributed by atoms with van der Waals surface area (Å²) in [5.74, 6) is -2.11. The molecule has 6 heteroatoms. The van der Waals surface area contributed by atoms with Gasteiger partial charge in [-0.25, -0.2) is 8.78 Å². The Kier molecular flexibility index (Phi) is 3.78. The molecule has 0 aromatic heterocycles. The topological polar surface area (TPSA) is 49.4 Å². The van der Waals surface area contributed by atoms with E-state index in [0.717, 1.165) is 12.1 Å².